The number of nitrogens with zero attached hydrogens (tertiary/aromatic N) is 1. The molecule has 5 nitrogen and oxygen atoms in total. The first-order valence-electron chi connectivity index (χ1n) is 5.78. The van der Waals surface area contributed by atoms with E-state index >= 15 is 0 Å². The van der Waals surface area contributed by atoms with Crippen molar-refractivity contribution in [3.05, 3.63) is 34.9 Å². The number of hydrogen-bond acceptors (Lipinski definition) is 5. The lowest BCUT2D eigenvalue weighted by atomic mass is 10.3. The van der Waals surface area contributed by atoms with Crippen LogP contribution in [0.1, 0.15) is 13.8 Å². The molecular weight excluding hydrogens is 320 g/mol. The number of ether oxygens (including phenoxy) is 1. The number of hydrogen-bond donors (Lipinski definition) is 1. The predicted octanol–water partition coefficient (Wildman–Crippen LogP) is 3.38. The van der Waals surface area contributed by atoms with E-state index in [4.69, 9.17) is 16.3 Å². The van der Waals surface area contributed by atoms with Gasteiger partial charge in [0.2, 0.25) is 0 Å². The summed E-state index contributed by atoms with van der Waals surface area (Å²) in [5.74, 6) is 0.684. The third-order valence-corrected chi connectivity index (χ3v) is 5.16. The van der Waals surface area contributed by atoms with Crippen molar-refractivity contribution in [1.29, 1.82) is 0 Å². The van der Waals surface area contributed by atoms with E-state index in [2.05, 4.69) is 9.71 Å². The van der Waals surface area contributed by atoms with Gasteiger partial charge in [0.05, 0.1) is 12.3 Å². The Morgan fingerprint density at radius 3 is 2.45 bits per heavy atom. The van der Waals surface area contributed by atoms with Crippen LogP contribution in [-0.2, 0) is 10.0 Å². The first-order chi connectivity index (χ1) is 9.37. The molecule has 1 aromatic carbocycles. The summed E-state index contributed by atoms with van der Waals surface area (Å²) in [6.07, 6.45) is 1.29. The van der Waals surface area contributed by atoms with Gasteiger partial charge in [0, 0.05) is 5.69 Å². The van der Waals surface area contributed by atoms with Crippen LogP contribution in [0.3, 0.4) is 0 Å². The Morgan fingerprint density at radius 2 is 1.95 bits per heavy atom. The molecule has 0 saturated heterocycles. The van der Waals surface area contributed by atoms with Crippen molar-refractivity contribution < 1.29 is 13.2 Å². The van der Waals surface area contributed by atoms with Crippen LogP contribution in [0.15, 0.2) is 34.7 Å². The molecule has 0 bridgehead atoms. The molecule has 0 aliphatic heterocycles. The quantitative estimate of drug-likeness (QED) is 0.911. The summed E-state index contributed by atoms with van der Waals surface area (Å²) in [7, 11) is -3.65. The molecule has 2 aromatic rings. The van der Waals surface area contributed by atoms with E-state index in [1.165, 1.54) is 6.20 Å². The van der Waals surface area contributed by atoms with E-state index in [1.807, 2.05) is 13.8 Å². The number of sulfonamides is 1. The van der Waals surface area contributed by atoms with E-state index in [1.54, 1.807) is 24.3 Å². The van der Waals surface area contributed by atoms with Crippen LogP contribution in [0.2, 0.25) is 4.47 Å². The van der Waals surface area contributed by atoms with E-state index in [0.717, 1.165) is 11.3 Å². The molecule has 8 heteroatoms. The molecule has 0 fully saturated rings. The van der Waals surface area contributed by atoms with Crippen LogP contribution in [0, 0.1) is 0 Å². The Bertz CT molecular complexity index is 681. The normalized spacial score (nSPS) is 11.6. The van der Waals surface area contributed by atoms with Crippen molar-refractivity contribution in [3.63, 3.8) is 0 Å². The van der Waals surface area contributed by atoms with Gasteiger partial charge < -0.3 is 4.74 Å². The summed E-state index contributed by atoms with van der Waals surface area (Å²) in [5, 5.41) is 0. The zero-order chi connectivity index (χ0) is 14.8. The molecule has 0 amide bonds. The molecular formula is C12H13ClN2O3S2. The minimum atomic E-state index is -3.65. The van der Waals surface area contributed by atoms with Gasteiger partial charge in [0.1, 0.15) is 5.75 Å². The summed E-state index contributed by atoms with van der Waals surface area (Å²) in [5.41, 5.74) is 0.450. The van der Waals surface area contributed by atoms with Crippen molar-refractivity contribution in [1.82, 2.24) is 4.98 Å². The SMILES string of the molecule is CC(C)Oc1ccc(NS(=O)(=O)c2cnc(Cl)s2)cc1. The van der Waals surface area contributed by atoms with Crippen LogP contribution < -0.4 is 9.46 Å². The molecule has 0 aliphatic rings. The molecule has 0 atom stereocenters. The lowest BCUT2D eigenvalue weighted by Crippen LogP contribution is -2.11. The third-order valence-electron chi connectivity index (χ3n) is 2.20. The smallest absolute Gasteiger partial charge is 0.273 e. The van der Waals surface area contributed by atoms with Gasteiger partial charge >= 0.3 is 0 Å². The van der Waals surface area contributed by atoms with E-state index < -0.39 is 10.0 Å². The zero-order valence-electron chi connectivity index (χ0n) is 10.8. The first kappa shape index (κ1) is 15.1. The first-order valence-corrected chi connectivity index (χ1v) is 8.45. The summed E-state index contributed by atoms with van der Waals surface area (Å²) in [6.45, 7) is 3.84. The maximum atomic E-state index is 12.0. The van der Waals surface area contributed by atoms with Gasteiger partial charge in [0.15, 0.2) is 8.68 Å². The molecule has 1 heterocycles. The molecule has 20 heavy (non-hydrogen) atoms. The summed E-state index contributed by atoms with van der Waals surface area (Å²) in [4.78, 5) is 3.72. The highest BCUT2D eigenvalue weighted by Crippen LogP contribution is 2.25. The summed E-state index contributed by atoms with van der Waals surface area (Å²) in [6, 6.07) is 6.69. The van der Waals surface area contributed by atoms with Gasteiger partial charge in [-0.05, 0) is 38.1 Å². The van der Waals surface area contributed by atoms with Crippen molar-refractivity contribution in [2.45, 2.75) is 24.2 Å². The van der Waals surface area contributed by atoms with Crippen LogP contribution in [0.5, 0.6) is 5.75 Å². The van der Waals surface area contributed by atoms with Crippen molar-refractivity contribution in [3.8, 4) is 5.75 Å². The average molecular weight is 333 g/mol. The Labute approximate surface area is 126 Å². The molecule has 0 unspecified atom stereocenters. The fraction of sp³-hybridized carbons (Fsp3) is 0.250. The lowest BCUT2D eigenvalue weighted by molar-refractivity contribution is 0.242. The summed E-state index contributed by atoms with van der Waals surface area (Å²) >= 11 is 6.54. The molecule has 0 aliphatic carbocycles. The number of halogens is 1. The number of anilines is 1. The largest absolute Gasteiger partial charge is 0.491 e. The molecule has 0 spiro atoms. The van der Waals surface area contributed by atoms with E-state index in [0.29, 0.717) is 11.4 Å². The van der Waals surface area contributed by atoms with Gasteiger partial charge in [-0.2, -0.15) is 0 Å². The summed E-state index contributed by atoms with van der Waals surface area (Å²) < 4.78 is 32.3. The molecule has 1 N–H and O–H groups in total. The molecule has 2 rings (SSSR count). The highest BCUT2D eigenvalue weighted by Gasteiger charge is 2.17. The van der Waals surface area contributed by atoms with Gasteiger partial charge in [-0.3, -0.25) is 4.72 Å². The Balaban J connectivity index is 2.13. The second-order valence-corrected chi connectivity index (χ2v) is 7.75. The number of thiazole rings is 1. The molecule has 0 saturated carbocycles. The second kappa shape index (κ2) is 5.99. The van der Waals surface area contributed by atoms with Crippen LogP contribution in [0.25, 0.3) is 0 Å². The van der Waals surface area contributed by atoms with E-state index in [9.17, 15) is 8.42 Å². The lowest BCUT2D eigenvalue weighted by Gasteiger charge is -2.10. The standard InChI is InChI=1S/C12H13ClN2O3S2/c1-8(2)18-10-5-3-9(4-6-10)15-20(16,17)11-7-14-12(13)19-11/h3-8,15H,1-2H3. The topological polar surface area (TPSA) is 68.3 Å². The van der Waals surface area contributed by atoms with Crippen molar-refractivity contribution in [2.75, 3.05) is 4.72 Å². The highest BCUT2D eigenvalue weighted by molar-refractivity contribution is 7.94. The van der Waals surface area contributed by atoms with Gasteiger partial charge in [0.25, 0.3) is 10.0 Å². The van der Waals surface area contributed by atoms with Crippen LogP contribution >= 0.6 is 22.9 Å². The predicted molar refractivity (Wildman–Crippen MR) is 80.1 cm³/mol. The third kappa shape index (κ3) is 3.84. The number of rotatable bonds is 5. The van der Waals surface area contributed by atoms with Crippen LogP contribution in [-0.4, -0.2) is 19.5 Å². The molecule has 1 aromatic heterocycles. The Hall–Kier alpha value is -1.31. The monoisotopic (exact) mass is 332 g/mol. The number of aromatic nitrogens is 1. The fourth-order valence-corrected chi connectivity index (χ4v) is 3.79. The minimum Gasteiger partial charge on any atom is -0.491 e. The Kier molecular flexibility index (Phi) is 4.52. The maximum absolute atomic E-state index is 12.0. The average Bonchev–Trinajstić information content (AvgIpc) is 2.78. The number of nitrogens with one attached hydrogen (secondary N) is 1. The second-order valence-electron chi connectivity index (χ2n) is 4.23. The Morgan fingerprint density at radius 1 is 1.30 bits per heavy atom. The molecule has 108 valence electrons. The highest BCUT2D eigenvalue weighted by atomic mass is 35.5. The molecule has 0 radical (unpaired) electrons. The van der Waals surface area contributed by atoms with Gasteiger partial charge in [-0.25, -0.2) is 13.4 Å². The van der Waals surface area contributed by atoms with Crippen molar-refractivity contribution >= 4 is 38.6 Å². The fourth-order valence-electron chi connectivity index (χ4n) is 1.44. The minimum absolute atomic E-state index is 0.0666. The van der Waals surface area contributed by atoms with Crippen LogP contribution in [0.4, 0.5) is 5.69 Å². The number of benzene rings is 1. The van der Waals surface area contributed by atoms with Gasteiger partial charge in [-0.1, -0.05) is 22.9 Å². The maximum Gasteiger partial charge on any atom is 0.273 e. The van der Waals surface area contributed by atoms with E-state index in [-0.39, 0.29) is 14.8 Å². The van der Waals surface area contributed by atoms with Crippen molar-refractivity contribution in [2.24, 2.45) is 0 Å². The van der Waals surface area contributed by atoms with Gasteiger partial charge in [-0.15, -0.1) is 0 Å². The zero-order valence-corrected chi connectivity index (χ0v) is 13.2.